The fourth-order valence-corrected chi connectivity index (χ4v) is 3.94. The van der Waals surface area contributed by atoms with E-state index < -0.39 is 0 Å². The summed E-state index contributed by atoms with van der Waals surface area (Å²) in [4.78, 5) is 18.1. The van der Waals surface area contributed by atoms with Gasteiger partial charge in [0.05, 0.1) is 4.92 Å². The molecule has 0 N–H and O–H groups in total. The van der Waals surface area contributed by atoms with Crippen molar-refractivity contribution in [2.75, 3.05) is 54.0 Å². The van der Waals surface area contributed by atoms with Gasteiger partial charge in [0.15, 0.2) is 0 Å². The molecule has 0 spiro atoms. The zero-order valence-corrected chi connectivity index (χ0v) is 14.9. The maximum Gasteiger partial charge on any atom is 0.292 e. The lowest BCUT2D eigenvalue weighted by Gasteiger charge is -2.37. The summed E-state index contributed by atoms with van der Waals surface area (Å²) in [6, 6.07) is 15.9. The number of para-hydroxylation sites is 1. The fraction of sp³-hybridized carbons (Fsp3) is 0.400. The minimum Gasteiger partial charge on any atom is -0.371 e. The summed E-state index contributed by atoms with van der Waals surface area (Å²) < 4.78 is 0. The standard InChI is InChI=1S/C20H24N4O2/c25-24(26)19-9-8-18(21-10-4-5-11-21)16-20(19)23-14-12-22(13-15-23)17-6-2-1-3-7-17/h1-3,6-9,16H,4-5,10-15H2. The number of nitro benzene ring substituents is 1. The molecule has 2 heterocycles. The largest absolute Gasteiger partial charge is 0.371 e. The van der Waals surface area contributed by atoms with Crippen LogP contribution in [0.5, 0.6) is 0 Å². The molecule has 2 fully saturated rings. The summed E-state index contributed by atoms with van der Waals surface area (Å²) in [6.07, 6.45) is 2.39. The lowest BCUT2D eigenvalue weighted by molar-refractivity contribution is -0.384. The van der Waals surface area contributed by atoms with Gasteiger partial charge in [-0.1, -0.05) is 18.2 Å². The normalized spacial score (nSPS) is 17.6. The third kappa shape index (κ3) is 3.31. The number of hydrogen-bond acceptors (Lipinski definition) is 5. The van der Waals surface area contributed by atoms with Crippen molar-refractivity contribution >= 4 is 22.7 Å². The Hall–Kier alpha value is -2.76. The maximum absolute atomic E-state index is 11.5. The zero-order valence-electron chi connectivity index (χ0n) is 14.9. The first-order valence-electron chi connectivity index (χ1n) is 9.31. The van der Waals surface area contributed by atoms with E-state index in [-0.39, 0.29) is 10.6 Å². The number of anilines is 3. The molecule has 0 radical (unpaired) electrons. The van der Waals surface area contributed by atoms with Gasteiger partial charge in [0.25, 0.3) is 5.69 Å². The van der Waals surface area contributed by atoms with Crippen LogP contribution < -0.4 is 14.7 Å². The highest BCUT2D eigenvalue weighted by Crippen LogP contribution is 2.34. The Bertz CT molecular complexity index is 767. The Balaban J connectivity index is 1.54. The lowest BCUT2D eigenvalue weighted by Crippen LogP contribution is -2.46. The summed E-state index contributed by atoms with van der Waals surface area (Å²) in [5, 5.41) is 11.5. The molecule has 2 aliphatic rings. The van der Waals surface area contributed by atoms with Crippen molar-refractivity contribution in [2.24, 2.45) is 0 Å². The van der Waals surface area contributed by atoms with Gasteiger partial charge in [0.1, 0.15) is 5.69 Å². The molecule has 2 saturated heterocycles. The number of piperazine rings is 1. The summed E-state index contributed by atoms with van der Waals surface area (Å²) in [6.45, 7) is 5.40. The van der Waals surface area contributed by atoms with Crippen molar-refractivity contribution in [2.45, 2.75) is 12.8 Å². The highest BCUT2D eigenvalue weighted by molar-refractivity contribution is 5.71. The van der Waals surface area contributed by atoms with Crippen LogP contribution in [0.1, 0.15) is 12.8 Å². The minimum atomic E-state index is -0.257. The third-order valence-corrected chi connectivity index (χ3v) is 5.37. The van der Waals surface area contributed by atoms with E-state index in [1.165, 1.54) is 18.5 Å². The number of rotatable bonds is 4. The molecule has 0 saturated carbocycles. The van der Waals surface area contributed by atoms with Crippen LogP contribution in [0.3, 0.4) is 0 Å². The molecule has 6 heteroatoms. The Morgan fingerprint density at radius 1 is 0.731 bits per heavy atom. The van der Waals surface area contributed by atoms with Crippen LogP contribution in [-0.4, -0.2) is 44.2 Å². The van der Waals surface area contributed by atoms with E-state index in [2.05, 4.69) is 26.8 Å². The molecule has 0 bridgehead atoms. The lowest BCUT2D eigenvalue weighted by atomic mass is 10.1. The highest BCUT2D eigenvalue weighted by Gasteiger charge is 2.25. The molecule has 4 rings (SSSR count). The Morgan fingerprint density at radius 3 is 2.00 bits per heavy atom. The van der Waals surface area contributed by atoms with E-state index in [1.54, 1.807) is 6.07 Å². The number of nitro groups is 1. The van der Waals surface area contributed by atoms with Gasteiger partial charge >= 0.3 is 0 Å². The molecule has 0 atom stereocenters. The fourth-order valence-electron chi connectivity index (χ4n) is 3.94. The topological polar surface area (TPSA) is 52.9 Å². The first-order valence-corrected chi connectivity index (χ1v) is 9.31. The van der Waals surface area contributed by atoms with Crippen molar-refractivity contribution in [1.29, 1.82) is 0 Å². The molecule has 26 heavy (non-hydrogen) atoms. The van der Waals surface area contributed by atoms with E-state index in [0.29, 0.717) is 0 Å². The summed E-state index contributed by atoms with van der Waals surface area (Å²) >= 11 is 0. The van der Waals surface area contributed by atoms with Crippen LogP contribution in [0.15, 0.2) is 48.5 Å². The Labute approximate surface area is 153 Å². The van der Waals surface area contributed by atoms with Crippen LogP contribution >= 0.6 is 0 Å². The molecule has 0 unspecified atom stereocenters. The van der Waals surface area contributed by atoms with Crippen molar-refractivity contribution in [1.82, 2.24) is 0 Å². The molecule has 136 valence electrons. The number of benzene rings is 2. The van der Waals surface area contributed by atoms with Gasteiger partial charge in [-0.05, 0) is 37.1 Å². The molecular formula is C20H24N4O2. The van der Waals surface area contributed by atoms with Crippen molar-refractivity contribution in [3.63, 3.8) is 0 Å². The van der Waals surface area contributed by atoms with E-state index in [0.717, 1.165) is 50.6 Å². The first-order chi connectivity index (χ1) is 12.7. The van der Waals surface area contributed by atoms with Gasteiger partial charge in [0.2, 0.25) is 0 Å². The smallest absolute Gasteiger partial charge is 0.292 e. The molecule has 6 nitrogen and oxygen atoms in total. The quantitative estimate of drug-likeness (QED) is 0.622. The van der Waals surface area contributed by atoms with Crippen LogP contribution in [0.25, 0.3) is 0 Å². The SMILES string of the molecule is O=[N+]([O-])c1ccc(N2CCCC2)cc1N1CCN(c2ccccc2)CC1. The van der Waals surface area contributed by atoms with Crippen LogP contribution in [0.2, 0.25) is 0 Å². The molecule has 0 aromatic heterocycles. The van der Waals surface area contributed by atoms with Gasteiger partial charge in [-0.15, -0.1) is 0 Å². The molecule has 2 aromatic carbocycles. The van der Waals surface area contributed by atoms with Gasteiger partial charge in [0, 0.05) is 56.7 Å². The summed E-state index contributed by atoms with van der Waals surface area (Å²) in [7, 11) is 0. The average molecular weight is 352 g/mol. The summed E-state index contributed by atoms with van der Waals surface area (Å²) in [5.74, 6) is 0. The predicted octanol–water partition coefficient (Wildman–Crippen LogP) is 3.52. The number of nitrogens with zero attached hydrogens (tertiary/aromatic N) is 4. The second-order valence-corrected chi connectivity index (χ2v) is 6.93. The van der Waals surface area contributed by atoms with Gasteiger partial charge in [-0.2, -0.15) is 0 Å². The Kier molecular flexibility index (Phi) is 4.65. The molecule has 2 aromatic rings. The second kappa shape index (κ2) is 7.23. The third-order valence-electron chi connectivity index (χ3n) is 5.37. The number of hydrogen-bond donors (Lipinski definition) is 0. The van der Waals surface area contributed by atoms with Crippen molar-refractivity contribution < 1.29 is 4.92 Å². The molecule has 0 aliphatic carbocycles. The van der Waals surface area contributed by atoms with Crippen LogP contribution in [0.4, 0.5) is 22.7 Å². The predicted molar refractivity (Wildman–Crippen MR) is 105 cm³/mol. The second-order valence-electron chi connectivity index (χ2n) is 6.93. The van der Waals surface area contributed by atoms with Crippen LogP contribution in [-0.2, 0) is 0 Å². The van der Waals surface area contributed by atoms with Crippen molar-refractivity contribution in [3.05, 3.63) is 58.6 Å². The van der Waals surface area contributed by atoms with Gasteiger partial charge in [-0.25, -0.2) is 0 Å². The Morgan fingerprint density at radius 2 is 1.35 bits per heavy atom. The minimum absolute atomic E-state index is 0.209. The highest BCUT2D eigenvalue weighted by atomic mass is 16.6. The van der Waals surface area contributed by atoms with Crippen LogP contribution in [0, 0.1) is 10.1 Å². The molecule has 0 amide bonds. The monoisotopic (exact) mass is 352 g/mol. The van der Waals surface area contributed by atoms with E-state index in [1.807, 2.05) is 30.3 Å². The maximum atomic E-state index is 11.5. The average Bonchev–Trinajstić information content (AvgIpc) is 3.23. The van der Waals surface area contributed by atoms with E-state index >= 15 is 0 Å². The van der Waals surface area contributed by atoms with Gasteiger partial charge < -0.3 is 14.7 Å². The van der Waals surface area contributed by atoms with E-state index in [9.17, 15) is 10.1 Å². The van der Waals surface area contributed by atoms with E-state index in [4.69, 9.17) is 0 Å². The van der Waals surface area contributed by atoms with Crippen molar-refractivity contribution in [3.8, 4) is 0 Å². The zero-order chi connectivity index (χ0) is 17.9. The summed E-state index contributed by atoms with van der Waals surface area (Å²) in [5.41, 5.74) is 3.29. The molecular weight excluding hydrogens is 328 g/mol. The van der Waals surface area contributed by atoms with Gasteiger partial charge in [-0.3, -0.25) is 10.1 Å². The molecule has 2 aliphatic heterocycles. The first kappa shape index (κ1) is 16.7.